The highest BCUT2D eigenvalue weighted by molar-refractivity contribution is 6.00. The summed E-state index contributed by atoms with van der Waals surface area (Å²) in [6.45, 7) is 0. The van der Waals surface area contributed by atoms with Gasteiger partial charge in [-0.25, -0.2) is 0 Å². The summed E-state index contributed by atoms with van der Waals surface area (Å²) in [6.07, 6.45) is 0. The van der Waals surface area contributed by atoms with Crippen molar-refractivity contribution in [2.75, 3.05) is 19.5 Å². The molecule has 98 valence electrons. The van der Waals surface area contributed by atoms with E-state index in [-0.39, 0.29) is 5.91 Å². The number of anilines is 2. The molecule has 0 heterocycles. The number of hydrogen-bond donors (Lipinski definition) is 2. The number of hydrogen-bond acceptors (Lipinski definition) is 3. The largest absolute Gasteiger partial charge is 0.497 e. The molecule has 0 atom stereocenters. The number of methoxy groups -OCH3 is 1. The summed E-state index contributed by atoms with van der Waals surface area (Å²) in [7, 11) is 3.25. The van der Waals surface area contributed by atoms with Crippen molar-refractivity contribution in [3.8, 4) is 5.75 Å². The summed E-state index contributed by atoms with van der Waals surface area (Å²) >= 11 is 0. The van der Waals surface area contributed by atoms with Crippen molar-refractivity contribution in [1.29, 1.82) is 0 Å². The summed E-state index contributed by atoms with van der Waals surface area (Å²) in [4.78, 5) is 11.8. The maximum atomic E-state index is 11.8. The molecule has 0 bridgehead atoms. The first kappa shape index (κ1) is 13.0. The highest BCUT2D eigenvalue weighted by atomic mass is 16.5. The fraction of sp³-hybridized carbons (Fsp3) is 0.133. The summed E-state index contributed by atoms with van der Waals surface area (Å²) in [5, 5.41) is 5.85. The third-order valence-corrected chi connectivity index (χ3v) is 2.77. The summed E-state index contributed by atoms with van der Waals surface area (Å²) in [5.41, 5.74) is 2.28. The smallest absolute Gasteiger partial charge is 0.253 e. The van der Waals surface area contributed by atoms with Gasteiger partial charge < -0.3 is 15.4 Å². The van der Waals surface area contributed by atoms with E-state index in [1.807, 2.05) is 42.5 Å². The van der Waals surface area contributed by atoms with Crippen LogP contribution in [0, 0.1) is 0 Å². The lowest BCUT2D eigenvalue weighted by atomic mass is 10.1. The Hall–Kier alpha value is -2.49. The Morgan fingerprint density at radius 1 is 1.05 bits per heavy atom. The van der Waals surface area contributed by atoms with Gasteiger partial charge >= 0.3 is 0 Å². The van der Waals surface area contributed by atoms with E-state index in [1.54, 1.807) is 20.2 Å². The highest BCUT2D eigenvalue weighted by Crippen LogP contribution is 2.22. The molecule has 0 unspecified atom stereocenters. The number of carbonyl (C=O) groups is 1. The van der Waals surface area contributed by atoms with E-state index in [0.717, 1.165) is 17.1 Å². The van der Waals surface area contributed by atoms with Crippen molar-refractivity contribution in [3.05, 3.63) is 54.1 Å². The molecule has 0 aliphatic carbocycles. The summed E-state index contributed by atoms with van der Waals surface area (Å²) in [6, 6.07) is 14.9. The second-order valence-electron chi connectivity index (χ2n) is 3.98. The maximum Gasteiger partial charge on any atom is 0.253 e. The quantitative estimate of drug-likeness (QED) is 0.884. The molecular weight excluding hydrogens is 240 g/mol. The van der Waals surface area contributed by atoms with E-state index in [9.17, 15) is 4.79 Å². The van der Waals surface area contributed by atoms with Crippen molar-refractivity contribution in [2.24, 2.45) is 0 Å². The van der Waals surface area contributed by atoms with Crippen molar-refractivity contribution in [1.82, 2.24) is 5.32 Å². The van der Waals surface area contributed by atoms with Gasteiger partial charge in [0.05, 0.1) is 18.4 Å². The number of benzene rings is 2. The van der Waals surface area contributed by atoms with E-state index >= 15 is 0 Å². The first-order chi connectivity index (χ1) is 9.24. The van der Waals surface area contributed by atoms with E-state index in [2.05, 4.69) is 10.6 Å². The van der Waals surface area contributed by atoms with Crippen LogP contribution < -0.4 is 15.4 Å². The molecule has 0 aliphatic rings. The normalized spacial score (nSPS) is 9.79. The van der Waals surface area contributed by atoms with Crippen LogP contribution in [0.1, 0.15) is 10.4 Å². The van der Waals surface area contributed by atoms with Gasteiger partial charge in [-0.05, 0) is 36.4 Å². The van der Waals surface area contributed by atoms with Crippen molar-refractivity contribution < 1.29 is 9.53 Å². The minimum atomic E-state index is -0.114. The second kappa shape index (κ2) is 5.91. The van der Waals surface area contributed by atoms with Crippen LogP contribution >= 0.6 is 0 Å². The Balaban J connectivity index is 2.25. The average molecular weight is 256 g/mol. The summed E-state index contributed by atoms with van der Waals surface area (Å²) < 4.78 is 5.11. The topological polar surface area (TPSA) is 50.4 Å². The Labute approximate surface area is 112 Å². The molecule has 4 nitrogen and oxygen atoms in total. The van der Waals surface area contributed by atoms with Crippen molar-refractivity contribution in [2.45, 2.75) is 0 Å². The molecule has 19 heavy (non-hydrogen) atoms. The lowest BCUT2D eigenvalue weighted by molar-refractivity contribution is 0.0964. The van der Waals surface area contributed by atoms with Crippen LogP contribution in [-0.4, -0.2) is 20.1 Å². The van der Waals surface area contributed by atoms with Gasteiger partial charge in [-0.1, -0.05) is 12.1 Å². The number of carbonyl (C=O) groups excluding carboxylic acids is 1. The number of nitrogens with one attached hydrogen (secondary N) is 2. The summed E-state index contributed by atoms with van der Waals surface area (Å²) in [5.74, 6) is 0.682. The van der Waals surface area contributed by atoms with Gasteiger partial charge in [-0.15, -0.1) is 0 Å². The van der Waals surface area contributed by atoms with Gasteiger partial charge in [-0.3, -0.25) is 4.79 Å². The van der Waals surface area contributed by atoms with Gasteiger partial charge in [-0.2, -0.15) is 0 Å². The number of amides is 1. The molecule has 0 spiro atoms. The predicted molar refractivity (Wildman–Crippen MR) is 76.1 cm³/mol. The molecule has 0 saturated carbocycles. The Kier molecular flexibility index (Phi) is 4.03. The lowest BCUT2D eigenvalue weighted by Crippen LogP contribution is -2.19. The molecule has 0 fully saturated rings. The Morgan fingerprint density at radius 3 is 2.37 bits per heavy atom. The molecule has 4 heteroatoms. The van der Waals surface area contributed by atoms with Crippen LogP contribution in [0.5, 0.6) is 5.75 Å². The van der Waals surface area contributed by atoms with Crippen LogP contribution in [0.15, 0.2) is 48.5 Å². The van der Waals surface area contributed by atoms with E-state index in [0.29, 0.717) is 5.56 Å². The van der Waals surface area contributed by atoms with E-state index in [1.165, 1.54) is 0 Å². The molecule has 0 radical (unpaired) electrons. The van der Waals surface area contributed by atoms with Gasteiger partial charge in [0.25, 0.3) is 5.91 Å². The molecule has 2 aromatic carbocycles. The number of rotatable bonds is 4. The second-order valence-corrected chi connectivity index (χ2v) is 3.98. The van der Waals surface area contributed by atoms with Gasteiger partial charge in [0.1, 0.15) is 5.75 Å². The zero-order valence-electron chi connectivity index (χ0n) is 10.9. The monoisotopic (exact) mass is 256 g/mol. The third-order valence-electron chi connectivity index (χ3n) is 2.77. The molecule has 0 saturated heterocycles. The molecule has 1 amide bonds. The molecule has 2 aromatic rings. The maximum absolute atomic E-state index is 11.8. The zero-order chi connectivity index (χ0) is 13.7. The molecule has 0 aromatic heterocycles. The Bertz CT molecular complexity index is 565. The highest BCUT2D eigenvalue weighted by Gasteiger charge is 2.08. The molecule has 0 aliphatic heterocycles. The standard InChI is InChI=1S/C15H16N2O2/c1-16-15(18)13-5-3-4-6-14(13)17-11-7-9-12(19-2)10-8-11/h3-10,17H,1-2H3,(H,16,18). The zero-order valence-corrected chi connectivity index (χ0v) is 10.9. The fourth-order valence-electron chi connectivity index (χ4n) is 1.75. The first-order valence-corrected chi connectivity index (χ1v) is 5.97. The van der Waals surface area contributed by atoms with Crippen LogP contribution in [-0.2, 0) is 0 Å². The molecule has 2 N–H and O–H groups in total. The molecule has 2 rings (SSSR count). The minimum absolute atomic E-state index is 0.114. The van der Waals surface area contributed by atoms with Gasteiger partial charge in [0, 0.05) is 12.7 Å². The lowest BCUT2D eigenvalue weighted by Gasteiger charge is -2.11. The van der Waals surface area contributed by atoms with Crippen molar-refractivity contribution in [3.63, 3.8) is 0 Å². The number of ether oxygens (including phenoxy) is 1. The third kappa shape index (κ3) is 3.04. The van der Waals surface area contributed by atoms with Crippen LogP contribution in [0.4, 0.5) is 11.4 Å². The van der Waals surface area contributed by atoms with Gasteiger partial charge in [0.2, 0.25) is 0 Å². The predicted octanol–water partition coefficient (Wildman–Crippen LogP) is 2.80. The van der Waals surface area contributed by atoms with E-state index in [4.69, 9.17) is 4.74 Å². The first-order valence-electron chi connectivity index (χ1n) is 5.97. The van der Waals surface area contributed by atoms with Crippen LogP contribution in [0.25, 0.3) is 0 Å². The van der Waals surface area contributed by atoms with Gasteiger partial charge in [0.15, 0.2) is 0 Å². The SMILES string of the molecule is CNC(=O)c1ccccc1Nc1ccc(OC)cc1. The minimum Gasteiger partial charge on any atom is -0.497 e. The number of para-hydroxylation sites is 1. The van der Waals surface area contributed by atoms with E-state index < -0.39 is 0 Å². The van der Waals surface area contributed by atoms with Crippen molar-refractivity contribution >= 4 is 17.3 Å². The van der Waals surface area contributed by atoms with Crippen LogP contribution in [0.2, 0.25) is 0 Å². The molecular formula is C15H16N2O2. The van der Waals surface area contributed by atoms with Crippen LogP contribution in [0.3, 0.4) is 0 Å². The Morgan fingerprint density at radius 2 is 1.74 bits per heavy atom. The fourth-order valence-corrected chi connectivity index (χ4v) is 1.75. The average Bonchev–Trinajstić information content (AvgIpc) is 2.48.